The first kappa shape index (κ1) is 12.7. The molecule has 18 heavy (non-hydrogen) atoms. The Morgan fingerprint density at radius 1 is 1.22 bits per heavy atom. The smallest absolute Gasteiger partial charge is 0.259 e. The van der Waals surface area contributed by atoms with Crippen molar-refractivity contribution in [2.75, 3.05) is 5.73 Å². The molecule has 1 aromatic carbocycles. The van der Waals surface area contributed by atoms with Gasteiger partial charge in [-0.05, 0) is 23.4 Å². The molecule has 96 valence electrons. The van der Waals surface area contributed by atoms with Gasteiger partial charge in [-0.2, -0.15) is 0 Å². The Labute approximate surface area is 107 Å². The van der Waals surface area contributed by atoms with Crippen LogP contribution in [0.5, 0.6) is 0 Å². The van der Waals surface area contributed by atoms with Gasteiger partial charge in [-0.1, -0.05) is 44.9 Å². The normalized spacial score (nSPS) is 11.3. The summed E-state index contributed by atoms with van der Waals surface area (Å²) in [5.74, 6) is 1.07. The molecule has 0 radical (unpaired) electrons. The highest BCUT2D eigenvalue weighted by Gasteiger charge is 2.10. The molecular formula is C15H20N2O. The molecule has 0 fully saturated rings. The lowest BCUT2D eigenvalue weighted by molar-refractivity contribution is 0.416. The minimum absolute atomic E-state index is 0.0255. The van der Waals surface area contributed by atoms with E-state index in [4.69, 9.17) is 5.73 Å². The summed E-state index contributed by atoms with van der Waals surface area (Å²) in [6.07, 6.45) is 2.13. The fourth-order valence-corrected chi connectivity index (χ4v) is 2.31. The molecule has 0 saturated carbocycles. The van der Waals surface area contributed by atoms with Gasteiger partial charge in [0.05, 0.1) is 0 Å². The van der Waals surface area contributed by atoms with E-state index in [0.717, 1.165) is 23.6 Å². The summed E-state index contributed by atoms with van der Waals surface area (Å²) in [7, 11) is 0. The molecule has 2 N–H and O–H groups in total. The van der Waals surface area contributed by atoms with Crippen LogP contribution >= 0.6 is 0 Å². The number of benzene rings is 1. The highest BCUT2D eigenvalue weighted by Crippen LogP contribution is 2.16. The minimum Gasteiger partial charge on any atom is -0.385 e. The van der Waals surface area contributed by atoms with Crippen molar-refractivity contribution in [3.8, 4) is 0 Å². The first-order chi connectivity index (χ1) is 8.67. The van der Waals surface area contributed by atoms with E-state index in [1.165, 1.54) is 0 Å². The van der Waals surface area contributed by atoms with Gasteiger partial charge in [-0.3, -0.25) is 9.36 Å². The van der Waals surface area contributed by atoms with Crippen LogP contribution in [0.2, 0.25) is 0 Å². The van der Waals surface area contributed by atoms with Crippen molar-refractivity contribution >= 4 is 16.6 Å². The maximum atomic E-state index is 12.4. The van der Waals surface area contributed by atoms with Crippen LogP contribution in [0.4, 0.5) is 5.82 Å². The number of rotatable bonds is 4. The van der Waals surface area contributed by atoms with E-state index < -0.39 is 0 Å². The maximum Gasteiger partial charge on any atom is 0.259 e. The summed E-state index contributed by atoms with van der Waals surface area (Å²) in [5, 5.41) is 1.67. The molecular weight excluding hydrogens is 224 g/mol. The van der Waals surface area contributed by atoms with Crippen LogP contribution in [0.15, 0.2) is 35.1 Å². The molecule has 2 aromatic rings. The molecule has 0 aliphatic carbocycles. The molecule has 0 spiro atoms. The molecule has 3 heteroatoms. The Balaban J connectivity index is 2.54. The lowest BCUT2D eigenvalue weighted by Gasteiger charge is -2.17. The predicted molar refractivity (Wildman–Crippen MR) is 76.7 cm³/mol. The third-order valence-corrected chi connectivity index (χ3v) is 3.65. The Bertz CT molecular complexity index is 597. The number of hydrogen-bond donors (Lipinski definition) is 1. The van der Waals surface area contributed by atoms with Gasteiger partial charge in [-0.25, -0.2) is 0 Å². The largest absolute Gasteiger partial charge is 0.385 e. The SMILES string of the molecule is CCC(CC)Cn1c(N)cc2ccccc2c1=O. The zero-order valence-electron chi connectivity index (χ0n) is 11.0. The molecule has 0 atom stereocenters. The van der Waals surface area contributed by atoms with Crippen LogP contribution in [-0.4, -0.2) is 4.57 Å². The first-order valence-corrected chi connectivity index (χ1v) is 6.55. The number of nitrogen functional groups attached to an aromatic ring is 1. The number of nitrogens with two attached hydrogens (primary N) is 1. The standard InChI is InChI=1S/C15H20N2O/c1-3-11(4-2)10-17-14(16)9-12-7-5-6-8-13(12)15(17)18/h5-9,11H,3-4,10,16H2,1-2H3. The quantitative estimate of drug-likeness (QED) is 0.898. The highest BCUT2D eigenvalue weighted by atomic mass is 16.1. The average molecular weight is 244 g/mol. The molecule has 1 aromatic heterocycles. The topological polar surface area (TPSA) is 48.0 Å². The number of anilines is 1. The van der Waals surface area contributed by atoms with E-state index >= 15 is 0 Å². The first-order valence-electron chi connectivity index (χ1n) is 6.55. The zero-order chi connectivity index (χ0) is 13.1. The fraction of sp³-hybridized carbons (Fsp3) is 0.400. The van der Waals surface area contributed by atoms with Crippen molar-refractivity contribution in [1.29, 1.82) is 0 Å². The molecule has 0 unspecified atom stereocenters. The average Bonchev–Trinajstić information content (AvgIpc) is 2.39. The van der Waals surface area contributed by atoms with Crippen molar-refractivity contribution < 1.29 is 0 Å². The van der Waals surface area contributed by atoms with Crippen molar-refractivity contribution in [2.24, 2.45) is 5.92 Å². The number of aromatic nitrogens is 1. The maximum absolute atomic E-state index is 12.4. The number of pyridine rings is 1. The van der Waals surface area contributed by atoms with Crippen molar-refractivity contribution in [2.45, 2.75) is 33.2 Å². The number of nitrogens with zero attached hydrogens (tertiary/aromatic N) is 1. The number of hydrogen-bond acceptors (Lipinski definition) is 2. The molecule has 0 bridgehead atoms. The van der Waals surface area contributed by atoms with Crippen molar-refractivity contribution in [3.05, 3.63) is 40.7 Å². The Hall–Kier alpha value is -1.77. The molecule has 0 aliphatic heterocycles. The van der Waals surface area contributed by atoms with E-state index in [1.807, 2.05) is 30.3 Å². The van der Waals surface area contributed by atoms with Crippen LogP contribution in [0.1, 0.15) is 26.7 Å². The summed E-state index contributed by atoms with van der Waals surface area (Å²) in [6.45, 7) is 5.01. The number of fused-ring (bicyclic) bond motifs is 1. The predicted octanol–water partition coefficient (Wildman–Crippen LogP) is 3.02. The second-order valence-electron chi connectivity index (χ2n) is 4.75. The second kappa shape index (κ2) is 5.25. The van der Waals surface area contributed by atoms with Gasteiger partial charge in [0.2, 0.25) is 0 Å². The van der Waals surface area contributed by atoms with Gasteiger partial charge >= 0.3 is 0 Å². The van der Waals surface area contributed by atoms with Crippen LogP contribution < -0.4 is 11.3 Å². The summed E-state index contributed by atoms with van der Waals surface area (Å²) in [5.41, 5.74) is 6.03. The summed E-state index contributed by atoms with van der Waals surface area (Å²) in [6, 6.07) is 9.49. The van der Waals surface area contributed by atoms with Gasteiger partial charge in [0.25, 0.3) is 5.56 Å². The molecule has 0 saturated heterocycles. The zero-order valence-corrected chi connectivity index (χ0v) is 11.0. The van der Waals surface area contributed by atoms with Crippen LogP contribution in [0.25, 0.3) is 10.8 Å². The van der Waals surface area contributed by atoms with Crippen molar-refractivity contribution in [3.63, 3.8) is 0 Å². The summed E-state index contributed by atoms with van der Waals surface area (Å²) in [4.78, 5) is 12.4. The molecule has 0 aliphatic rings. The molecule has 0 amide bonds. The van der Waals surface area contributed by atoms with Crippen LogP contribution in [0.3, 0.4) is 0 Å². The lowest BCUT2D eigenvalue weighted by Crippen LogP contribution is -2.26. The van der Waals surface area contributed by atoms with Gasteiger partial charge in [0.15, 0.2) is 0 Å². The van der Waals surface area contributed by atoms with Gasteiger partial charge < -0.3 is 5.73 Å². The second-order valence-corrected chi connectivity index (χ2v) is 4.75. The van der Waals surface area contributed by atoms with Crippen LogP contribution in [-0.2, 0) is 6.54 Å². The minimum atomic E-state index is 0.0255. The summed E-state index contributed by atoms with van der Waals surface area (Å²) < 4.78 is 1.71. The third-order valence-electron chi connectivity index (χ3n) is 3.65. The van der Waals surface area contributed by atoms with E-state index in [0.29, 0.717) is 18.3 Å². The highest BCUT2D eigenvalue weighted by molar-refractivity contribution is 5.83. The lowest BCUT2D eigenvalue weighted by atomic mass is 10.0. The van der Waals surface area contributed by atoms with E-state index in [-0.39, 0.29) is 5.56 Å². The molecule has 2 rings (SSSR count). The Morgan fingerprint density at radius 2 is 1.89 bits per heavy atom. The Kier molecular flexibility index (Phi) is 3.70. The van der Waals surface area contributed by atoms with E-state index in [1.54, 1.807) is 4.57 Å². The van der Waals surface area contributed by atoms with E-state index in [2.05, 4.69) is 13.8 Å². The summed E-state index contributed by atoms with van der Waals surface area (Å²) >= 11 is 0. The molecule has 1 heterocycles. The van der Waals surface area contributed by atoms with Crippen LogP contribution in [0, 0.1) is 5.92 Å². The van der Waals surface area contributed by atoms with E-state index in [9.17, 15) is 4.79 Å². The van der Waals surface area contributed by atoms with Gasteiger partial charge in [-0.15, -0.1) is 0 Å². The van der Waals surface area contributed by atoms with Gasteiger partial charge in [0.1, 0.15) is 5.82 Å². The monoisotopic (exact) mass is 244 g/mol. The van der Waals surface area contributed by atoms with Crippen molar-refractivity contribution in [1.82, 2.24) is 4.57 Å². The third kappa shape index (κ3) is 2.26. The fourth-order valence-electron chi connectivity index (χ4n) is 2.31. The molecule has 3 nitrogen and oxygen atoms in total. The Morgan fingerprint density at radius 3 is 2.56 bits per heavy atom. The van der Waals surface area contributed by atoms with Gasteiger partial charge in [0, 0.05) is 11.9 Å².